The summed E-state index contributed by atoms with van der Waals surface area (Å²) in [7, 11) is 0. The molecule has 28 heavy (non-hydrogen) atoms. The lowest BCUT2D eigenvalue weighted by Crippen LogP contribution is -2.70. The van der Waals surface area contributed by atoms with Crippen LogP contribution in [-0.4, -0.2) is 42.1 Å². The lowest BCUT2D eigenvalue weighted by Gasteiger charge is -2.62. The van der Waals surface area contributed by atoms with Crippen molar-refractivity contribution >= 4 is 11.8 Å². The molecule has 0 aromatic rings. The van der Waals surface area contributed by atoms with Gasteiger partial charge in [0.15, 0.2) is 18.4 Å². The van der Waals surface area contributed by atoms with Crippen molar-refractivity contribution < 1.29 is 28.9 Å². The van der Waals surface area contributed by atoms with Gasteiger partial charge in [-0.15, -0.1) is 0 Å². The Morgan fingerprint density at radius 1 is 1.25 bits per heavy atom. The lowest BCUT2D eigenvalue weighted by molar-refractivity contribution is -0.268. The zero-order valence-corrected chi connectivity index (χ0v) is 16.9. The fraction of sp³-hybridized carbons (Fsp3) is 0.818. The van der Waals surface area contributed by atoms with E-state index in [2.05, 4.69) is 20.4 Å². The van der Waals surface area contributed by atoms with Crippen LogP contribution in [0, 0.1) is 34.0 Å². The van der Waals surface area contributed by atoms with Crippen molar-refractivity contribution in [1.29, 1.82) is 0 Å². The van der Waals surface area contributed by atoms with Crippen LogP contribution in [0.15, 0.2) is 12.2 Å². The number of carbonyl (C=O) groups excluding carboxylic acids is 2. The SMILES string of the molecule is C=C1C(=O)[C@]23C[C@H]1CC[C@H]2[C@@]12C(O)O[C@@H](OCC)[C@@H]1C(C)(C)CC[C@@H]2OC3=O. The van der Waals surface area contributed by atoms with Gasteiger partial charge in [-0.05, 0) is 61.9 Å². The van der Waals surface area contributed by atoms with Crippen molar-refractivity contribution in [2.75, 3.05) is 6.61 Å². The molecule has 0 amide bonds. The number of carbonyl (C=O) groups is 2. The Hall–Kier alpha value is -1.24. The van der Waals surface area contributed by atoms with Crippen molar-refractivity contribution in [3.05, 3.63) is 12.2 Å². The van der Waals surface area contributed by atoms with E-state index in [0.717, 1.165) is 12.8 Å². The molecule has 5 aliphatic rings. The molecule has 8 atom stereocenters. The smallest absolute Gasteiger partial charge is 0.320 e. The molecule has 6 nitrogen and oxygen atoms in total. The van der Waals surface area contributed by atoms with E-state index < -0.39 is 35.5 Å². The fourth-order valence-electron chi connectivity index (χ4n) is 7.60. The highest BCUT2D eigenvalue weighted by atomic mass is 16.7. The molecule has 5 fully saturated rings. The number of hydrogen-bond donors (Lipinski definition) is 1. The van der Waals surface area contributed by atoms with E-state index in [-0.39, 0.29) is 29.0 Å². The molecular weight excluding hydrogens is 360 g/mol. The Balaban J connectivity index is 1.72. The zero-order valence-electron chi connectivity index (χ0n) is 16.9. The summed E-state index contributed by atoms with van der Waals surface area (Å²) in [5, 5.41) is 11.3. The van der Waals surface area contributed by atoms with E-state index in [9.17, 15) is 14.7 Å². The first-order valence-corrected chi connectivity index (χ1v) is 10.6. The highest BCUT2D eigenvalue weighted by Gasteiger charge is 2.80. The molecule has 0 radical (unpaired) electrons. The van der Waals surface area contributed by atoms with Crippen LogP contribution in [0.2, 0.25) is 0 Å². The van der Waals surface area contributed by atoms with Gasteiger partial charge in [-0.3, -0.25) is 9.59 Å². The van der Waals surface area contributed by atoms with Crippen molar-refractivity contribution in [2.45, 2.75) is 71.6 Å². The molecule has 0 aromatic heterocycles. The Morgan fingerprint density at radius 2 is 2.00 bits per heavy atom. The average molecular weight is 390 g/mol. The molecule has 0 aromatic carbocycles. The zero-order chi connectivity index (χ0) is 20.1. The van der Waals surface area contributed by atoms with Crippen LogP contribution in [0.5, 0.6) is 0 Å². The van der Waals surface area contributed by atoms with Gasteiger partial charge in [0.25, 0.3) is 0 Å². The molecule has 2 heterocycles. The monoisotopic (exact) mass is 390 g/mol. The summed E-state index contributed by atoms with van der Waals surface area (Å²) in [6.07, 6.45) is 1.36. The number of aliphatic hydroxyl groups excluding tert-OH is 1. The van der Waals surface area contributed by atoms with Gasteiger partial charge in [-0.1, -0.05) is 20.4 Å². The third-order valence-electron chi connectivity index (χ3n) is 8.66. The largest absolute Gasteiger partial charge is 0.461 e. The van der Waals surface area contributed by atoms with Gasteiger partial charge in [-0.2, -0.15) is 0 Å². The van der Waals surface area contributed by atoms with Gasteiger partial charge in [0.2, 0.25) is 0 Å². The maximum Gasteiger partial charge on any atom is 0.320 e. The molecule has 2 saturated heterocycles. The molecule has 6 heteroatoms. The minimum absolute atomic E-state index is 0.0430. The first-order chi connectivity index (χ1) is 13.2. The van der Waals surface area contributed by atoms with E-state index in [1.807, 2.05) is 6.92 Å². The molecule has 3 aliphatic carbocycles. The highest BCUT2D eigenvalue weighted by Crippen LogP contribution is 2.72. The maximum absolute atomic E-state index is 13.3. The number of hydrogen-bond acceptors (Lipinski definition) is 6. The Kier molecular flexibility index (Phi) is 3.80. The number of ketones is 1. The molecule has 2 spiro atoms. The van der Waals surface area contributed by atoms with Crippen LogP contribution in [-0.2, 0) is 23.8 Å². The van der Waals surface area contributed by atoms with Gasteiger partial charge in [0.05, 0.1) is 5.41 Å². The molecule has 154 valence electrons. The Labute approximate surface area is 165 Å². The number of esters is 1. The quantitative estimate of drug-likeness (QED) is 0.443. The first-order valence-electron chi connectivity index (χ1n) is 10.6. The van der Waals surface area contributed by atoms with Gasteiger partial charge in [0, 0.05) is 12.5 Å². The molecule has 5 rings (SSSR count). The van der Waals surface area contributed by atoms with Crippen LogP contribution in [0.4, 0.5) is 0 Å². The van der Waals surface area contributed by atoms with Crippen LogP contribution < -0.4 is 0 Å². The fourth-order valence-corrected chi connectivity index (χ4v) is 7.60. The van der Waals surface area contributed by atoms with Crippen molar-refractivity contribution in [3.63, 3.8) is 0 Å². The van der Waals surface area contributed by atoms with Crippen molar-refractivity contribution in [1.82, 2.24) is 0 Å². The number of aliphatic hydroxyl groups is 1. The Bertz CT molecular complexity index is 758. The van der Waals surface area contributed by atoms with Crippen LogP contribution in [0.1, 0.15) is 52.9 Å². The molecule has 2 bridgehead atoms. The summed E-state index contributed by atoms with van der Waals surface area (Å²) < 4.78 is 17.9. The average Bonchev–Trinajstić information content (AvgIpc) is 3.04. The van der Waals surface area contributed by atoms with E-state index in [1.165, 1.54) is 0 Å². The predicted molar refractivity (Wildman–Crippen MR) is 98.7 cm³/mol. The number of rotatable bonds is 2. The van der Waals surface area contributed by atoms with Gasteiger partial charge in [-0.25, -0.2) is 0 Å². The summed E-state index contributed by atoms with van der Waals surface area (Å²) in [6, 6.07) is 0. The normalized spacial score (nSPS) is 51.4. The molecule has 3 saturated carbocycles. The second-order valence-corrected chi connectivity index (χ2v) is 10.1. The van der Waals surface area contributed by atoms with E-state index >= 15 is 0 Å². The topological polar surface area (TPSA) is 82.1 Å². The van der Waals surface area contributed by atoms with Crippen molar-refractivity contribution in [3.8, 4) is 0 Å². The highest BCUT2D eigenvalue weighted by molar-refractivity contribution is 6.15. The summed E-state index contributed by atoms with van der Waals surface area (Å²) in [5.41, 5.74) is -1.65. The number of fused-ring (bicyclic) bond motifs is 1. The van der Waals surface area contributed by atoms with Gasteiger partial charge in [0.1, 0.15) is 11.5 Å². The van der Waals surface area contributed by atoms with E-state index in [4.69, 9.17) is 14.2 Å². The summed E-state index contributed by atoms with van der Waals surface area (Å²) >= 11 is 0. The van der Waals surface area contributed by atoms with Crippen molar-refractivity contribution in [2.24, 2.45) is 34.0 Å². The standard InChI is InChI=1S/C22H30O6/c1-5-26-17-15-20(3,4)9-8-14-22(15,19(25)28-17)13-7-6-12-10-21(13,18(24)27-14)16(23)11(12)2/h12-15,17,19,25H,2,5-10H2,1,3-4H3/t12-,13-,14+,15-,17-,19?,21+,22+/m1/s1. The number of ether oxygens (including phenoxy) is 3. The molecule has 1 N–H and O–H groups in total. The lowest BCUT2D eigenvalue weighted by atomic mass is 9.43. The third-order valence-corrected chi connectivity index (χ3v) is 8.66. The minimum Gasteiger partial charge on any atom is -0.461 e. The van der Waals surface area contributed by atoms with E-state index in [0.29, 0.717) is 31.4 Å². The maximum atomic E-state index is 13.3. The first kappa shape index (κ1) is 18.8. The number of Topliss-reactive ketones (excluding diaryl/α,β-unsaturated/α-hetero) is 1. The summed E-state index contributed by atoms with van der Waals surface area (Å²) in [5.74, 6) is -0.998. The van der Waals surface area contributed by atoms with Crippen LogP contribution >= 0.6 is 0 Å². The predicted octanol–water partition coefficient (Wildman–Crippen LogP) is 2.59. The van der Waals surface area contributed by atoms with Crippen LogP contribution in [0.3, 0.4) is 0 Å². The second-order valence-electron chi connectivity index (χ2n) is 10.1. The molecule has 2 aliphatic heterocycles. The third kappa shape index (κ3) is 1.90. The Morgan fingerprint density at radius 3 is 2.71 bits per heavy atom. The van der Waals surface area contributed by atoms with Gasteiger partial charge >= 0.3 is 5.97 Å². The van der Waals surface area contributed by atoms with Gasteiger partial charge < -0.3 is 19.3 Å². The number of allylic oxidation sites excluding steroid dienone is 1. The summed E-state index contributed by atoms with van der Waals surface area (Å²) in [6.45, 7) is 10.7. The van der Waals surface area contributed by atoms with Crippen LogP contribution in [0.25, 0.3) is 0 Å². The molecule has 1 unspecified atom stereocenters. The molecular formula is C22H30O6. The summed E-state index contributed by atoms with van der Waals surface area (Å²) in [4.78, 5) is 26.6. The second kappa shape index (κ2) is 5.67. The van der Waals surface area contributed by atoms with E-state index in [1.54, 1.807) is 0 Å². The minimum atomic E-state index is -1.21.